The first-order valence-electron chi connectivity index (χ1n) is 14.6. The van der Waals surface area contributed by atoms with Crippen LogP contribution in [0.1, 0.15) is 24.0 Å². The lowest BCUT2D eigenvalue weighted by molar-refractivity contribution is -0.119. The summed E-state index contributed by atoms with van der Waals surface area (Å²) in [6.45, 7) is 2.08. The van der Waals surface area contributed by atoms with E-state index in [0.717, 1.165) is 63.3 Å². The molecule has 8 nitrogen and oxygen atoms in total. The highest BCUT2D eigenvalue weighted by atomic mass is 35.5. The van der Waals surface area contributed by atoms with Crippen molar-refractivity contribution in [1.82, 2.24) is 30.5 Å². The van der Waals surface area contributed by atoms with Gasteiger partial charge in [0.05, 0.1) is 28.5 Å². The van der Waals surface area contributed by atoms with Gasteiger partial charge in [-0.2, -0.15) is 0 Å². The van der Waals surface area contributed by atoms with Crippen LogP contribution in [0.15, 0.2) is 67.0 Å². The molecule has 1 amide bonds. The van der Waals surface area contributed by atoms with Gasteiger partial charge in [0.25, 0.3) is 0 Å². The van der Waals surface area contributed by atoms with Gasteiger partial charge >= 0.3 is 0 Å². The topological polar surface area (TPSA) is 93.1 Å². The number of amides is 1. The van der Waals surface area contributed by atoms with Crippen LogP contribution >= 0.6 is 23.2 Å². The Hall–Kier alpha value is -3.95. The van der Waals surface area contributed by atoms with Crippen molar-refractivity contribution in [3.63, 3.8) is 0 Å². The summed E-state index contributed by atoms with van der Waals surface area (Å²) in [6, 6.07) is 18.0. The van der Waals surface area contributed by atoms with Gasteiger partial charge in [0, 0.05) is 84.7 Å². The molecule has 0 aliphatic carbocycles. The minimum absolute atomic E-state index is 0.113. The van der Waals surface area contributed by atoms with E-state index in [1.165, 1.54) is 5.56 Å². The molecule has 0 radical (unpaired) electrons. The fourth-order valence-electron chi connectivity index (χ4n) is 5.85. The SMILES string of the molecule is CNCc1cn(C)c2nc(-c3cccc(-c4ccnc(-c5ccc(CNC[C@H]6CCC(=O)N6)c(OC)c5)c4Cl)c3Cl)ccc12. The van der Waals surface area contributed by atoms with Crippen LogP contribution in [-0.4, -0.2) is 47.2 Å². The summed E-state index contributed by atoms with van der Waals surface area (Å²) in [7, 11) is 5.59. The summed E-state index contributed by atoms with van der Waals surface area (Å²) in [5, 5.41) is 11.8. The molecular formula is C34H34Cl2N6O2. The summed E-state index contributed by atoms with van der Waals surface area (Å²) in [6.07, 6.45) is 5.29. The van der Waals surface area contributed by atoms with Crippen LogP contribution in [-0.2, 0) is 24.9 Å². The molecule has 1 aliphatic heterocycles. The molecule has 0 bridgehead atoms. The maximum atomic E-state index is 11.5. The number of fused-ring (bicyclic) bond motifs is 1. The Morgan fingerprint density at radius 1 is 1.02 bits per heavy atom. The molecule has 6 rings (SSSR count). The number of aryl methyl sites for hydroxylation is 1. The number of carbonyl (C=O) groups excluding carboxylic acids is 1. The number of rotatable bonds is 10. The van der Waals surface area contributed by atoms with Crippen molar-refractivity contribution in [3.8, 4) is 39.4 Å². The minimum Gasteiger partial charge on any atom is -0.496 e. The highest BCUT2D eigenvalue weighted by Crippen LogP contribution is 2.42. The Bertz CT molecular complexity index is 1850. The van der Waals surface area contributed by atoms with E-state index in [9.17, 15) is 4.79 Å². The van der Waals surface area contributed by atoms with Crippen LogP contribution in [0.4, 0.5) is 0 Å². The number of nitrogens with one attached hydrogen (secondary N) is 3. The van der Waals surface area contributed by atoms with Crippen LogP contribution in [0.5, 0.6) is 5.75 Å². The lowest BCUT2D eigenvalue weighted by atomic mass is 9.99. The quantitative estimate of drug-likeness (QED) is 0.166. The first-order valence-corrected chi connectivity index (χ1v) is 15.3. The average molecular weight is 630 g/mol. The third-order valence-electron chi connectivity index (χ3n) is 8.08. The molecule has 226 valence electrons. The largest absolute Gasteiger partial charge is 0.496 e. The zero-order valence-electron chi connectivity index (χ0n) is 24.9. The average Bonchev–Trinajstić information content (AvgIpc) is 3.59. The summed E-state index contributed by atoms with van der Waals surface area (Å²) in [5.41, 5.74) is 7.76. The standard InChI is InChI=1S/C34H34Cl2N6O2/c1-37-16-22-19-42(2)34-24(22)10-11-28(41-34)27-6-4-5-25(31(27)35)26-13-14-39-33(32(26)36)20-7-8-21(29(15-20)44-3)17-38-18-23-9-12-30(43)40-23/h4-8,10-11,13-15,19,23,37-38H,9,12,16-18H2,1-3H3,(H,40,43)/t23-/m1/s1. The van der Waals surface area contributed by atoms with E-state index >= 15 is 0 Å². The Morgan fingerprint density at radius 3 is 2.61 bits per heavy atom. The number of ether oxygens (including phenoxy) is 1. The van der Waals surface area contributed by atoms with Gasteiger partial charge < -0.3 is 25.3 Å². The molecule has 1 atom stereocenters. The van der Waals surface area contributed by atoms with Gasteiger partial charge in [0.2, 0.25) is 5.91 Å². The first-order chi connectivity index (χ1) is 21.4. The monoisotopic (exact) mass is 628 g/mol. The zero-order valence-corrected chi connectivity index (χ0v) is 26.4. The van der Waals surface area contributed by atoms with Gasteiger partial charge in [0.1, 0.15) is 11.4 Å². The van der Waals surface area contributed by atoms with Crippen molar-refractivity contribution in [2.24, 2.45) is 7.05 Å². The molecule has 1 aliphatic rings. The highest BCUT2D eigenvalue weighted by Gasteiger charge is 2.21. The first kappa shape index (κ1) is 30.1. The number of hydrogen-bond donors (Lipinski definition) is 3. The van der Waals surface area contributed by atoms with Gasteiger partial charge in [0.15, 0.2) is 0 Å². The fourth-order valence-corrected chi connectivity index (χ4v) is 6.50. The van der Waals surface area contributed by atoms with Crippen molar-refractivity contribution < 1.29 is 9.53 Å². The normalized spacial score (nSPS) is 14.8. The van der Waals surface area contributed by atoms with Crippen LogP contribution in [0, 0.1) is 0 Å². The van der Waals surface area contributed by atoms with Gasteiger partial charge in [-0.1, -0.05) is 53.5 Å². The number of aromatic nitrogens is 3. The smallest absolute Gasteiger partial charge is 0.220 e. The van der Waals surface area contributed by atoms with Crippen LogP contribution in [0.25, 0.3) is 44.7 Å². The Balaban J connectivity index is 1.29. The van der Waals surface area contributed by atoms with E-state index < -0.39 is 0 Å². The molecule has 3 aromatic heterocycles. The predicted octanol–water partition coefficient (Wildman–Crippen LogP) is 6.37. The van der Waals surface area contributed by atoms with E-state index in [0.29, 0.717) is 35.2 Å². The molecule has 5 aromatic rings. The minimum atomic E-state index is 0.113. The Morgan fingerprint density at radius 2 is 1.84 bits per heavy atom. The summed E-state index contributed by atoms with van der Waals surface area (Å²) in [4.78, 5) is 21.1. The molecule has 0 spiro atoms. The summed E-state index contributed by atoms with van der Waals surface area (Å²) >= 11 is 14.1. The van der Waals surface area contributed by atoms with Gasteiger partial charge in [-0.05, 0) is 43.3 Å². The zero-order chi connectivity index (χ0) is 30.8. The number of hydrogen-bond acceptors (Lipinski definition) is 6. The maximum Gasteiger partial charge on any atom is 0.220 e. The molecule has 0 unspecified atom stereocenters. The van der Waals surface area contributed by atoms with Crippen molar-refractivity contribution >= 4 is 40.1 Å². The summed E-state index contributed by atoms with van der Waals surface area (Å²) < 4.78 is 7.77. The second kappa shape index (κ2) is 13.0. The van der Waals surface area contributed by atoms with E-state index in [1.807, 2.05) is 67.2 Å². The number of halogens is 2. The van der Waals surface area contributed by atoms with E-state index in [1.54, 1.807) is 13.3 Å². The Kier molecular flexibility index (Phi) is 8.86. The van der Waals surface area contributed by atoms with Crippen molar-refractivity contribution in [1.29, 1.82) is 0 Å². The van der Waals surface area contributed by atoms with E-state index in [4.69, 9.17) is 32.9 Å². The van der Waals surface area contributed by atoms with Crippen molar-refractivity contribution in [2.75, 3.05) is 20.7 Å². The van der Waals surface area contributed by atoms with Gasteiger partial charge in [-0.15, -0.1) is 0 Å². The van der Waals surface area contributed by atoms with Crippen molar-refractivity contribution in [2.45, 2.75) is 32.0 Å². The van der Waals surface area contributed by atoms with E-state index in [-0.39, 0.29) is 11.9 Å². The Labute approximate surface area is 266 Å². The second-order valence-corrected chi connectivity index (χ2v) is 11.8. The molecule has 44 heavy (non-hydrogen) atoms. The highest BCUT2D eigenvalue weighted by molar-refractivity contribution is 6.39. The van der Waals surface area contributed by atoms with Gasteiger partial charge in [-0.3, -0.25) is 9.78 Å². The second-order valence-electron chi connectivity index (χ2n) is 11.0. The van der Waals surface area contributed by atoms with Crippen molar-refractivity contribution in [3.05, 3.63) is 88.2 Å². The predicted molar refractivity (Wildman–Crippen MR) is 177 cm³/mol. The number of carbonyl (C=O) groups is 1. The number of nitrogens with zero attached hydrogens (tertiary/aromatic N) is 3. The number of pyridine rings is 2. The molecule has 10 heteroatoms. The lowest BCUT2D eigenvalue weighted by Crippen LogP contribution is -2.35. The molecule has 1 fully saturated rings. The maximum absolute atomic E-state index is 11.5. The van der Waals surface area contributed by atoms with Crippen LogP contribution in [0.3, 0.4) is 0 Å². The lowest BCUT2D eigenvalue weighted by Gasteiger charge is -2.16. The van der Waals surface area contributed by atoms with E-state index in [2.05, 4.69) is 33.2 Å². The third-order valence-corrected chi connectivity index (χ3v) is 8.87. The molecule has 3 N–H and O–H groups in total. The van der Waals surface area contributed by atoms with Gasteiger partial charge in [-0.25, -0.2) is 4.98 Å². The molecule has 4 heterocycles. The number of methoxy groups -OCH3 is 1. The molecule has 1 saturated heterocycles. The van der Waals surface area contributed by atoms with Crippen LogP contribution in [0.2, 0.25) is 10.0 Å². The number of benzene rings is 2. The molecule has 0 saturated carbocycles. The third kappa shape index (κ3) is 5.90. The fraction of sp³-hybridized carbons (Fsp3) is 0.265. The molecular weight excluding hydrogens is 595 g/mol. The van der Waals surface area contributed by atoms with Crippen LogP contribution < -0.4 is 20.7 Å². The summed E-state index contributed by atoms with van der Waals surface area (Å²) in [5.74, 6) is 0.844. The molecule has 2 aromatic carbocycles.